The van der Waals surface area contributed by atoms with Crippen LogP contribution in [0.2, 0.25) is 5.02 Å². The van der Waals surface area contributed by atoms with Crippen LogP contribution in [0.1, 0.15) is 10.4 Å². The largest absolute Gasteiger partial charge is 0.349 e. The molecule has 0 N–H and O–H groups in total. The summed E-state index contributed by atoms with van der Waals surface area (Å²) in [4.78, 5) is 11.7. The van der Waals surface area contributed by atoms with Crippen molar-refractivity contribution in [2.24, 2.45) is 0 Å². The number of hydrogen-bond donors (Lipinski definition) is 0. The molecular weight excluding hydrogens is 302 g/mol. The zero-order valence-electron chi connectivity index (χ0n) is 8.59. The van der Waals surface area contributed by atoms with E-state index in [0.717, 1.165) is 0 Å². The molecule has 0 radical (unpaired) electrons. The first-order valence-corrected chi connectivity index (χ1v) is 5.43. The fourth-order valence-corrected chi connectivity index (χ4v) is 1.62. The smallest absolute Gasteiger partial charge is 0.222 e. The number of carbonyl (C=O) groups is 1. The lowest BCUT2D eigenvalue weighted by atomic mass is 10.1. The highest BCUT2D eigenvalue weighted by molar-refractivity contribution is 9.10. The molecule has 0 spiro atoms. The van der Waals surface area contributed by atoms with Crippen LogP contribution in [0.25, 0.3) is 0 Å². The Morgan fingerprint density at radius 3 is 2.50 bits per heavy atom. The van der Waals surface area contributed by atoms with E-state index in [2.05, 4.69) is 15.9 Å². The Bertz CT molecular complexity index is 407. The third-order valence-corrected chi connectivity index (χ3v) is 3.20. The van der Waals surface area contributed by atoms with E-state index in [-0.39, 0.29) is 10.6 Å². The first-order valence-electron chi connectivity index (χ1n) is 4.26. The molecule has 0 unspecified atom stereocenters. The Hall–Kier alpha value is -0.490. The zero-order chi connectivity index (χ0) is 12.3. The number of rotatable bonds is 4. The molecule has 3 nitrogen and oxygen atoms in total. The number of hydrogen-bond acceptors (Lipinski definition) is 3. The van der Waals surface area contributed by atoms with Crippen LogP contribution in [0.5, 0.6) is 0 Å². The van der Waals surface area contributed by atoms with Crippen molar-refractivity contribution in [3.63, 3.8) is 0 Å². The molecular formula is C10H9BrClFO3. The average molecular weight is 312 g/mol. The number of ketones is 1. The quantitative estimate of drug-likeness (QED) is 0.487. The zero-order valence-corrected chi connectivity index (χ0v) is 10.9. The second-order valence-corrected chi connectivity index (χ2v) is 4.12. The number of ether oxygens (including phenoxy) is 2. The van der Waals surface area contributed by atoms with E-state index in [0.29, 0.717) is 4.47 Å². The Morgan fingerprint density at radius 2 is 2.00 bits per heavy atom. The molecule has 0 heterocycles. The predicted octanol–water partition coefficient (Wildman–Crippen LogP) is 3.04. The van der Waals surface area contributed by atoms with Crippen molar-refractivity contribution < 1.29 is 18.7 Å². The fraction of sp³-hybridized carbons (Fsp3) is 0.300. The standard InChI is InChI=1S/C10H9BrClFO3/c1-15-10(16-2)9(14)5-3-4-6(11)7(12)8(5)13/h3-4,10H,1-2H3. The molecule has 1 aromatic rings. The van der Waals surface area contributed by atoms with Gasteiger partial charge in [0.05, 0.1) is 10.6 Å². The van der Waals surface area contributed by atoms with Gasteiger partial charge >= 0.3 is 0 Å². The van der Waals surface area contributed by atoms with E-state index in [1.54, 1.807) is 0 Å². The maximum Gasteiger partial charge on any atom is 0.222 e. The van der Waals surface area contributed by atoms with Crippen LogP contribution in [0.15, 0.2) is 16.6 Å². The van der Waals surface area contributed by atoms with Gasteiger partial charge in [0.2, 0.25) is 12.1 Å². The highest BCUT2D eigenvalue weighted by Crippen LogP contribution is 2.28. The molecule has 16 heavy (non-hydrogen) atoms. The topological polar surface area (TPSA) is 35.5 Å². The lowest BCUT2D eigenvalue weighted by Gasteiger charge is -2.13. The van der Waals surface area contributed by atoms with Gasteiger partial charge in [0, 0.05) is 18.7 Å². The van der Waals surface area contributed by atoms with Gasteiger partial charge in [-0.15, -0.1) is 0 Å². The summed E-state index contributed by atoms with van der Waals surface area (Å²) in [6.07, 6.45) is -1.13. The molecule has 0 atom stereocenters. The molecule has 6 heteroatoms. The SMILES string of the molecule is COC(OC)C(=O)c1ccc(Br)c(Cl)c1F. The Balaban J connectivity index is 3.14. The van der Waals surface area contributed by atoms with Crippen molar-refractivity contribution in [3.8, 4) is 0 Å². The highest BCUT2D eigenvalue weighted by Gasteiger charge is 2.24. The predicted molar refractivity (Wildman–Crippen MR) is 61.2 cm³/mol. The van der Waals surface area contributed by atoms with E-state index in [9.17, 15) is 9.18 Å². The summed E-state index contributed by atoms with van der Waals surface area (Å²) >= 11 is 8.72. The molecule has 0 bridgehead atoms. The van der Waals surface area contributed by atoms with Gasteiger partial charge in [-0.25, -0.2) is 4.39 Å². The first kappa shape index (κ1) is 13.6. The Morgan fingerprint density at radius 1 is 1.44 bits per heavy atom. The number of carbonyl (C=O) groups excluding carboxylic acids is 1. The van der Waals surface area contributed by atoms with Crippen LogP contribution >= 0.6 is 27.5 Å². The van der Waals surface area contributed by atoms with Crippen molar-refractivity contribution in [3.05, 3.63) is 33.0 Å². The lowest BCUT2D eigenvalue weighted by Crippen LogP contribution is -2.25. The normalized spacial score (nSPS) is 10.9. The number of benzene rings is 1. The molecule has 0 amide bonds. The lowest BCUT2D eigenvalue weighted by molar-refractivity contribution is -0.0743. The minimum absolute atomic E-state index is 0.142. The number of Topliss-reactive ketones (excluding diaryl/α,β-unsaturated/α-hetero) is 1. The van der Waals surface area contributed by atoms with E-state index >= 15 is 0 Å². The molecule has 0 aliphatic carbocycles. The van der Waals surface area contributed by atoms with Gasteiger partial charge in [-0.1, -0.05) is 11.6 Å². The van der Waals surface area contributed by atoms with Gasteiger partial charge in [-0.2, -0.15) is 0 Å². The van der Waals surface area contributed by atoms with Crippen LogP contribution < -0.4 is 0 Å². The molecule has 0 fully saturated rings. The third kappa shape index (κ3) is 2.60. The van der Waals surface area contributed by atoms with E-state index < -0.39 is 17.9 Å². The average Bonchev–Trinajstić information content (AvgIpc) is 2.27. The molecule has 1 aromatic carbocycles. The number of halogens is 3. The first-order chi connectivity index (χ1) is 7.52. The van der Waals surface area contributed by atoms with Gasteiger partial charge in [-0.05, 0) is 28.1 Å². The van der Waals surface area contributed by atoms with E-state index in [4.69, 9.17) is 21.1 Å². The van der Waals surface area contributed by atoms with Crippen LogP contribution in [-0.4, -0.2) is 26.3 Å². The van der Waals surface area contributed by atoms with Crippen LogP contribution in [0.4, 0.5) is 4.39 Å². The maximum atomic E-state index is 13.7. The molecule has 0 aliphatic rings. The van der Waals surface area contributed by atoms with Crippen LogP contribution in [0, 0.1) is 5.82 Å². The summed E-state index contributed by atoms with van der Waals surface area (Å²) in [5.74, 6) is -1.41. The minimum Gasteiger partial charge on any atom is -0.349 e. The van der Waals surface area contributed by atoms with E-state index in [1.165, 1.54) is 26.4 Å². The summed E-state index contributed by atoms with van der Waals surface area (Å²) in [5, 5.41) is -0.142. The summed E-state index contributed by atoms with van der Waals surface area (Å²) in [6.45, 7) is 0. The highest BCUT2D eigenvalue weighted by atomic mass is 79.9. The van der Waals surface area contributed by atoms with E-state index in [1.807, 2.05) is 0 Å². The summed E-state index contributed by atoms with van der Waals surface area (Å²) in [7, 11) is 2.59. The molecule has 0 saturated carbocycles. The third-order valence-electron chi connectivity index (χ3n) is 1.94. The fourth-order valence-electron chi connectivity index (χ4n) is 1.15. The van der Waals surface area contributed by atoms with Gasteiger partial charge in [0.15, 0.2) is 5.82 Å². The maximum absolute atomic E-state index is 13.7. The van der Waals surface area contributed by atoms with Crippen molar-refractivity contribution in [2.75, 3.05) is 14.2 Å². The molecule has 88 valence electrons. The van der Waals surface area contributed by atoms with Crippen molar-refractivity contribution in [1.29, 1.82) is 0 Å². The molecule has 0 aromatic heterocycles. The van der Waals surface area contributed by atoms with Crippen molar-refractivity contribution in [2.45, 2.75) is 6.29 Å². The molecule has 0 aliphatic heterocycles. The van der Waals surface area contributed by atoms with Gasteiger partial charge in [-0.3, -0.25) is 4.79 Å². The summed E-state index contributed by atoms with van der Waals surface area (Å²) in [6, 6.07) is 2.81. The Labute approximate surface area is 106 Å². The molecule has 0 saturated heterocycles. The van der Waals surface area contributed by atoms with Crippen molar-refractivity contribution in [1.82, 2.24) is 0 Å². The van der Waals surface area contributed by atoms with Gasteiger partial charge in [0.25, 0.3) is 0 Å². The number of methoxy groups -OCH3 is 2. The Kier molecular flexibility index (Phi) is 4.86. The summed E-state index contributed by atoms with van der Waals surface area (Å²) < 4.78 is 23.5. The monoisotopic (exact) mass is 310 g/mol. The summed E-state index contributed by atoms with van der Waals surface area (Å²) in [5.41, 5.74) is -0.165. The van der Waals surface area contributed by atoms with Crippen LogP contribution in [-0.2, 0) is 9.47 Å². The molecule has 1 rings (SSSR count). The van der Waals surface area contributed by atoms with Crippen LogP contribution in [0.3, 0.4) is 0 Å². The second-order valence-electron chi connectivity index (χ2n) is 2.89. The second kappa shape index (κ2) is 5.72. The van der Waals surface area contributed by atoms with Gasteiger partial charge < -0.3 is 9.47 Å². The van der Waals surface area contributed by atoms with Crippen molar-refractivity contribution >= 4 is 33.3 Å². The van der Waals surface area contributed by atoms with Gasteiger partial charge in [0.1, 0.15) is 0 Å². The minimum atomic E-state index is -1.13.